The molecular weight excluding hydrogens is 232 g/mol. The van der Waals surface area contributed by atoms with Crippen LogP contribution in [0.25, 0.3) is 0 Å². The van der Waals surface area contributed by atoms with Crippen molar-refractivity contribution < 1.29 is 9.59 Å². The van der Waals surface area contributed by atoms with Gasteiger partial charge in [0.15, 0.2) is 0 Å². The van der Waals surface area contributed by atoms with Gasteiger partial charge in [0.1, 0.15) is 5.69 Å². The lowest BCUT2D eigenvalue weighted by molar-refractivity contribution is -0.119. The Hall–Kier alpha value is -1.85. The summed E-state index contributed by atoms with van der Waals surface area (Å²) in [7, 11) is 0. The molecule has 6 heteroatoms. The maximum Gasteiger partial charge on any atom is 0.274 e. The number of hydrogen-bond acceptors (Lipinski definition) is 3. The summed E-state index contributed by atoms with van der Waals surface area (Å²) in [4.78, 5) is 26.2. The van der Waals surface area contributed by atoms with Gasteiger partial charge in [0, 0.05) is 31.9 Å². The van der Waals surface area contributed by atoms with Crippen LogP contribution in [0.4, 0.5) is 0 Å². The van der Waals surface area contributed by atoms with Crippen LogP contribution in [0.3, 0.4) is 0 Å². The van der Waals surface area contributed by atoms with E-state index in [0.717, 1.165) is 12.1 Å². The molecule has 1 saturated heterocycles. The molecule has 1 aromatic rings. The third-order valence-electron chi connectivity index (χ3n) is 3.19. The fourth-order valence-electron chi connectivity index (χ4n) is 1.93. The molecule has 6 nitrogen and oxygen atoms in total. The second-order valence-electron chi connectivity index (χ2n) is 4.80. The number of hydrogen-bond donors (Lipinski definition) is 1. The van der Waals surface area contributed by atoms with E-state index in [4.69, 9.17) is 0 Å². The van der Waals surface area contributed by atoms with Crippen LogP contribution in [0.2, 0.25) is 0 Å². The van der Waals surface area contributed by atoms with Crippen molar-refractivity contribution in [1.82, 2.24) is 20.0 Å². The smallest absolute Gasteiger partial charge is 0.274 e. The summed E-state index contributed by atoms with van der Waals surface area (Å²) in [5.74, 6) is 0.259. The summed E-state index contributed by atoms with van der Waals surface area (Å²) < 4.78 is 0. The molecule has 2 rings (SSSR count). The number of nitrogens with zero attached hydrogens (tertiary/aromatic N) is 3. The molecule has 18 heavy (non-hydrogen) atoms. The van der Waals surface area contributed by atoms with Gasteiger partial charge in [0.25, 0.3) is 5.91 Å². The largest absolute Gasteiger partial charge is 0.342 e. The summed E-state index contributed by atoms with van der Waals surface area (Å²) in [5, 5.41) is 6.93. The molecule has 98 valence electrons. The van der Waals surface area contributed by atoms with E-state index in [1.807, 2.05) is 13.8 Å². The molecule has 0 atom stereocenters. The van der Waals surface area contributed by atoms with Crippen LogP contribution in [0.1, 0.15) is 35.9 Å². The van der Waals surface area contributed by atoms with Gasteiger partial charge < -0.3 is 9.80 Å². The molecule has 1 aliphatic heterocycles. The van der Waals surface area contributed by atoms with E-state index >= 15 is 0 Å². The van der Waals surface area contributed by atoms with E-state index in [9.17, 15) is 9.59 Å². The summed E-state index contributed by atoms with van der Waals surface area (Å²) in [6.45, 7) is 6.42. The first-order chi connectivity index (χ1) is 8.61. The standard InChI is InChI=1S/C12H18N4O2/c1-9(2)10-7-11(14-13-10)12(18)16-5-3-15(8-17)4-6-16/h7-9H,3-6H2,1-2H3,(H,13,14). The van der Waals surface area contributed by atoms with Gasteiger partial charge in [0.2, 0.25) is 6.41 Å². The van der Waals surface area contributed by atoms with Crippen molar-refractivity contribution >= 4 is 12.3 Å². The number of rotatable bonds is 3. The average Bonchev–Trinajstić information content (AvgIpc) is 2.88. The van der Waals surface area contributed by atoms with Gasteiger partial charge in [-0.2, -0.15) is 5.10 Å². The van der Waals surface area contributed by atoms with Gasteiger partial charge in [-0.25, -0.2) is 0 Å². The highest BCUT2D eigenvalue weighted by molar-refractivity contribution is 5.92. The lowest BCUT2D eigenvalue weighted by Gasteiger charge is -2.32. The van der Waals surface area contributed by atoms with Crippen LogP contribution in [0.15, 0.2) is 6.07 Å². The highest BCUT2D eigenvalue weighted by Crippen LogP contribution is 2.13. The fraction of sp³-hybridized carbons (Fsp3) is 0.583. The zero-order valence-corrected chi connectivity index (χ0v) is 10.7. The Morgan fingerprint density at radius 1 is 1.39 bits per heavy atom. The molecule has 0 bridgehead atoms. The number of H-pyrrole nitrogens is 1. The number of carbonyl (C=O) groups is 2. The first kappa shape index (κ1) is 12.6. The lowest BCUT2D eigenvalue weighted by Crippen LogP contribution is -2.48. The monoisotopic (exact) mass is 250 g/mol. The van der Waals surface area contributed by atoms with E-state index in [1.54, 1.807) is 15.9 Å². The van der Waals surface area contributed by atoms with Crippen LogP contribution in [-0.4, -0.2) is 58.5 Å². The Balaban J connectivity index is 2.00. The van der Waals surface area contributed by atoms with Gasteiger partial charge in [-0.15, -0.1) is 0 Å². The average molecular weight is 250 g/mol. The zero-order chi connectivity index (χ0) is 13.1. The Labute approximate surface area is 106 Å². The highest BCUT2D eigenvalue weighted by Gasteiger charge is 2.23. The van der Waals surface area contributed by atoms with Gasteiger partial charge in [-0.05, 0) is 12.0 Å². The molecule has 0 saturated carbocycles. The van der Waals surface area contributed by atoms with E-state index in [0.29, 0.717) is 37.8 Å². The van der Waals surface area contributed by atoms with Crippen LogP contribution < -0.4 is 0 Å². The minimum atomic E-state index is -0.0660. The normalized spacial score (nSPS) is 16.2. The van der Waals surface area contributed by atoms with Crippen LogP contribution in [0.5, 0.6) is 0 Å². The summed E-state index contributed by atoms with van der Waals surface area (Å²) in [6, 6.07) is 1.80. The van der Waals surface area contributed by atoms with Crippen molar-refractivity contribution in [3.05, 3.63) is 17.5 Å². The lowest BCUT2D eigenvalue weighted by atomic mass is 10.1. The first-order valence-electron chi connectivity index (χ1n) is 6.15. The SMILES string of the molecule is CC(C)c1cc(C(=O)N2CCN(C=O)CC2)n[nH]1. The van der Waals surface area contributed by atoms with Crippen molar-refractivity contribution in [2.24, 2.45) is 0 Å². The van der Waals surface area contributed by atoms with Crippen molar-refractivity contribution in [2.45, 2.75) is 19.8 Å². The van der Waals surface area contributed by atoms with E-state index in [1.165, 1.54) is 0 Å². The van der Waals surface area contributed by atoms with Gasteiger partial charge >= 0.3 is 0 Å². The topological polar surface area (TPSA) is 69.3 Å². The molecule has 1 aliphatic rings. The van der Waals surface area contributed by atoms with Crippen molar-refractivity contribution in [3.63, 3.8) is 0 Å². The van der Waals surface area contributed by atoms with Crippen molar-refractivity contribution in [2.75, 3.05) is 26.2 Å². The minimum Gasteiger partial charge on any atom is -0.342 e. The Bertz CT molecular complexity index is 433. The maximum absolute atomic E-state index is 12.2. The number of piperazine rings is 1. The predicted octanol–water partition coefficient (Wildman–Crippen LogP) is 0.447. The molecule has 2 heterocycles. The Morgan fingerprint density at radius 2 is 2.06 bits per heavy atom. The molecule has 1 aromatic heterocycles. The molecule has 0 unspecified atom stereocenters. The Kier molecular flexibility index (Phi) is 3.64. The van der Waals surface area contributed by atoms with Gasteiger partial charge in [-0.1, -0.05) is 13.8 Å². The molecule has 1 N–H and O–H groups in total. The molecule has 0 aromatic carbocycles. The van der Waals surface area contributed by atoms with Gasteiger partial charge in [0.05, 0.1) is 0 Å². The third kappa shape index (κ3) is 2.52. The molecule has 0 radical (unpaired) electrons. The quantitative estimate of drug-likeness (QED) is 0.792. The second-order valence-corrected chi connectivity index (χ2v) is 4.80. The summed E-state index contributed by atoms with van der Waals surface area (Å²) in [5.41, 5.74) is 1.42. The van der Waals surface area contributed by atoms with Crippen LogP contribution in [-0.2, 0) is 4.79 Å². The van der Waals surface area contributed by atoms with E-state index in [-0.39, 0.29) is 5.91 Å². The molecule has 2 amide bonds. The molecule has 0 aliphatic carbocycles. The van der Waals surface area contributed by atoms with Gasteiger partial charge in [-0.3, -0.25) is 14.7 Å². The van der Waals surface area contributed by atoms with Crippen LogP contribution in [0, 0.1) is 0 Å². The summed E-state index contributed by atoms with van der Waals surface area (Å²) in [6.07, 6.45) is 0.827. The fourth-order valence-corrected chi connectivity index (χ4v) is 1.93. The summed E-state index contributed by atoms with van der Waals surface area (Å²) >= 11 is 0. The number of aromatic amines is 1. The molecule has 0 spiro atoms. The van der Waals surface area contributed by atoms with E-state index in [2.05, 4.69) is 10.2 Å². The Morgan fingerprint density at radius 3 is 2.56 bits per heavy atom. The number of carbonyl (C=O) groups excluding carboxylic acids is 2. The first-order valence-corrected chi connectivity index (χ1v) is 6.15. The second kappa shape index (κ2) is 5.20. The van der Waals surface area contributed by atoms with Crippen LogP contribution >= 0.6 is 0 Å². The van der Waals surface area contributed by atoms with E-state index < -0.39 is 0 Å². The molecular formula is C12H18N4O2. The zero-order valence-electron chi connectivity index (χ0n) is 10.7. The maximum atomic E-state index is 12.2. The minimum absolute atomic E-state index is 0.0660. The number of aromatic nitrogens is 2. The van der Waals surface area contributed by atoms with Crippen molar-refractivity contribution in [1.29, 1.82) is 0 Å². The van der Waals surface area contributed by atoms with Crippen molar-refractivity contribution in [3.8, 4) is 0 Å². The highest BCUT2D eigenvalue weighted by atomic mass is 16.2. The molecule has 1 fully saturated rings. The third-order valence-corrected chi connectivity index (χ3v) is 3.19. The number of nitrogens with one attached hydrogen (secondary N) is 1. The predicted molar refractivity (Wildman–Crippen MR) is 66.2 cm³/mol. The number of amides is 2.